The molecule has 0 atom stereocenters. The lowest BCUT2D eigenvalue weighted by molar-refractivity contribution is -0.134. The fraction of sp³-hybridized carbons (Fsp3) is 0.500. The second-order valence-corrected chi connectivity index (χ2v) is 2.91. The van der Waals surface area contributed by atoms with E-state index in [0.717, 1.165) is 0 Å². The summed E-state index contributed by atoms with van der Waals surface area (Å²) >= 11 is 0. The first-order valence-corrected chi connectivity index (χ1v) is 4.34. The van der Waals surface area contributed by atoms with Crippen LogP contribution in [0.15, 0.2) is 0 Å². The first-order chi connectivity index (χ1) is 6.56. The van der Waals surface area contributed by atoms with Gasteiger partial charge in [0, 0.05) is 6.54 Å². The van der Waals surface area contributed by atoms with E-state index in [0.29, 0.717) is 23.7 Å². The molecule has 6 nitrogen and oxygen atoms in total. The third kappa shape index (κ3) is 1.95. The predicted octanol–water partition coefficient (Wildman–Crippen LogP) is 0.290. The van der Waals surface area contributed by atoms with Crippen molar-refractivity contribution in [1.29, 1.82) is 0 Å². The van der Waals surface area contributed by atoms with Gasteiger partial charge in [0.15, 0.2) is 0 Å². The highest BCUT2D eigenvalue weighted by atomic mass is 16.4. The molecule has 0 radical (unpaired) electrons. The van der Waals surface area contributed by atoms with Crippen molar-refractivity contribution < 1.29 is 9.90 Å². The third-order valence-electron chi connectivity index (χ3n) is 1.88. The molecular formula is C8H14N4O2. The summed E-state index contributed by atoms with van der Waals surface area (Å²) < 4.78 is 1.65. The number of anilines is 2. The molecule has 0 fully saturated rings. The zero-order chi connectivity index (χ0) is 10.7. The van der Waals surface area contributed by atoms with Crippen molar-refractivity contribution in [2.45, 2.75) is 20.4 Å². The van der Waals surface area contributed by atoms with Gasteiger partial charge in [0.05, 0.1) is 11.4 Å². The van der Waals surface area contributed by atoms with E-state index in [9.17, 15) is 4.79 Å². The molecule has 0 aromatic carbocycles. The van der Waals surface area contributed by atoms with E-state index in [1.165, 1.54) is 0 Å². The minimum atomic E-state index is -0.925. The van der Waals surface area contributed by atoms with Crippen molar-refractivity contribution in [2.24, 2.45) is 0 Å². The van der Waals surface area contributed by atoms with E-state index in [-0.39, 0.29) is 6.54 Å². The molecule has 0 saturated heterocycles. The molecule has 0 aliphatic rings. The lowest BCUT2D eigenvalue weighted by Crippen LogP contribution is -2.16. The molecule has 0 spiro atoms. The predicted molar refractivity (Wildman–Crippen MR) is 53.2 cm³/mol. The van der Waals surface area contributed by atoms with Crippen molar-refractivity contribution in [3.63, 3.8) is 0 Å². The molecular weight excluding hydrogens is 184 g/mol. The number of nitrogens with two attached hydrogens (primary N) is 1. The Labute approximate surface area is 81.7 Å². The van der Waals surface area contributed by atoms with E-state index < -0.39 is 5.97 Å². The molecule has 4 N–H and O–H groups in total. The number of hydrogen-bond donors (Lipinski definition) is 3. The van der Waals surface area contributed by atoms with Gasteiger partial charge in [-0.15, -0.1) is 0 Å². The summed E-state index contributed by atoms with van der Waals surface area (Å²) in [5.41, 5.74) is 6.94. The molecule has 1 rings (SSSR count). The van der Waals surface area contributed by atoms with E-state index in [2.05, 4.69) is 10.4 Å². The van der Waals surface area contributed by atoms with E-state index in [1.807, 2.05) is 6.92 Å². The molecule has 0 unspecified atom stereocenters. The summed E-state index contributed by atoms with van der Waals surface area (Å²) in [7, 11) is 0. The Morgan fingerprint density at radius 2 is 2.36 bits per heavy atom. The van der Waals surface area contributed by atoms with Crippen LogP contribution >= 0.6 is 0 Å². The number of carboxylic acid groups (broad SMARTS) is 1. The molecule has 1 heterocycles. The Hall–Kier alpha value is -1.72. The number of carbonyl (C=O) groups is 1. The molecule has 0 aliphatic carbocycles. The van der Waals surface area contributed by atoms with Gasteiger partial charge in [-0.25, -0.2) is 4.68 Å². The molecule has 14 heavy (non-hydrogen) atoms. The Bertz CT molecular complexity index is 345. The summed E-state index contributed by atoms with van der Waals surface area (Å²) in [4.78, 5) is 10.4. The lowest BCUT2D eigenvalue weighted by atomic mass is 10.4. The summed E-state index contributed by atoms with van der Waals surface area (Å²) in [5, 5.41) is 15.4. The maximum Gasteiger partial charge on any atom is 0.322 e. The Kier molecular flexibility index (Phi) is 2.95. The van der Waals surface area contributed by atoms with Crippen LogP contribution in [0.4, 0.5) is 11.5 Å². The smallest absolute Gasteiger partial charge is 0.322 e. The van der Waals surface area contributed by atoms with Crippen molar-refractivity contribution in [3.05, 3.63) is 5.69 Å². The normalized spacial score (nSPS) is 10.1. The number of aliphatic carboxylic acids is 1. The van der Waals surface area contributed by atoms with Crippen LogP contribution in [0.1, 0.15) is 12.6 Å². The number of nitrogens with one attached hydrogen (secondary N) is 1. The summed E-state index contributed by atoms with van der Waals surface area (Å²) in [6.07, 6.45) is 0. The van der Waals surface area contributed by atoms with Crippen LogP contribution in [-0.4, -0.2) is 27.4 Å². The Balaban J connectivity index is 2.88. The second-order valence-electron chi connectivity index (χ2n) is 2.91. The molecule has 78 valence electrons. The number of aryl methyl sites for hydroxylation is 2. The van der Waals surface area contributed by atoms with Crippen LogP contribution in [0, 0.1) is 6.92 Å². The summed E-state index contributed by atoms with van der Waals surface area (Å²) in [6.45, 7) is 4.20. The fourth-order valence-corrected chi connectivity index (χ4v) is 1.17. The van der Waals surface area contributed by atoms with Crippen LogP contribution in [0.2, 0.25) is 0 Å². The first-order valence-electron chi connectivity index (χ1n) is 4.34. The zero-order valence-corrected chi connectivity index (χ0v) is 8.24. The van der Waals surface area contributed by atoms with Crippen molar-refractivity contribution in [2.75, 3.05) is 17.6 Å². The maximum absolute atomic E-state index is 10.4. The number of nitrogen functional groups attached to an aromatic ring is 1. The van der Waals surface area contributed by atoms with Crippen LogP contribution in [0.25, 0.3) is 0 Å². The minimum absolute atomic E-state index is 0.157. The van der Waals surface area contributed by atoms with Gasteiger partial charge in [0.2, 0.25) is 0 Å². The van der Waals surface area contributed by atoms with Crippen molar-refractivity contribution in [1.82, 2.24) is 9.78 Å². The Morgan fingerprint density at radius 3 is 2.86 bits per heavy atom. The van der Waals surface area contributed by atoms with Gasteiger partial charge in [-0.05, 0) is 13.8 Å². The second kappa shape index (κ2) is 3.99. The van der Waals surface area contributed by atoms with E-state index in [4.69, 9.17) is 10.8 Å². The van der Waals surface area contributed by atoms with Crippen LogP contribution in [0.5, 0.6) is 0 Å². The van der Waals surface area contributed by atoms with Crippen LogP contribution < -0.4 is 11.1 Å². The van der Waals surface area contributed by atoms with Gasteiger partial charge in [0.25, 0.3) is 0 Å². The van der Waals surface area contributed by atoms with Gasteiger partial charge < -0.3 is 16.2 Å². The number of rotatable bonds is 4. The molecule has 1 aromatic heterocycles. The highest BCUT2D eigenvalue weighted by Crippen LogP contribution is 2.21. The largest absolute Gasteiger partial charge is 0.480 e. The molecule has 0 saturated carbocycles. The van der Waals surface area contributed by atoms with E-state index >= 15 is 0 Å². The average Bonchev–Trinajstić information content (AvgIpc) is 2.40. The van der Waals surface area contributed by atoms with Crippen LogP contribution in [-0.2, 0) is 11.3 Å². The Morgan fingerprint density at radius 1 is 1.71 bits per heavy atom. The van der Waals surface area contributed by atoms with E-state index in [1.54, 1.807) is 11.6 Å². The standard InChI is InChI=1S/C8H14N4O2/c1-3-12-8(10-4-6(13)14)7(9)5(2)11-12/h10H,3-4,9H2,1-2H3,(H,13,14). The number of nitrogens with zero attached hydrogens (tertiary/aromatic N) is 2. The quantitative estimate of drug-likeness (QED) is 0.646. The number of carboxylic acids is 1. The van der Waals surface area contributed by atoms with Crippen molar-refractivity contribution in [3.8, 4) is 0 Å². The molecule has 0 aliphatic heterocycles. The minimum Gasteiger partial charge on any atom is -0.480 e. The number of hydrogen-bond acceptors (Lipinski definition) is 4. The third-order valence-corrected chi connectivity index (χ3v) is 1.88. The maximum atomic E-state index is 10.4. The topological polar surface area (TPSA) is 93.2 Å². The fourth-order valence-electron chi connectivity index (χ4n) is 1.17. The first kappa shape index (κ1) is 10.4. The van der Waals surface area contributed by atoms with Crippen LogP contribution in [0.3, 0.4) is 0 Å². The highest BCUT2D eigenvalue weighted by molar-refractivity contribution is 5.75. The van der Waals surface area contributed by atoms with Gasteiger partial charge in [-0.2, -0.15) is 5.10 Å². The van der Waals surface area contributed by atoms with Gasteiger partial charge in [-0.1, -0.05) is 0 Å². The van der Waals surface area contributed by atoms with Gasteiger partial charge in [-0.3, -0.25) is 4.79 Å². The van der Waals surface area contributed by atoms with Crippen molar-refractivity contribution >= 4 is 17.5 Å². The molecule has 1 aromatic rings. The monoisotopic (exact) mass is 198 g/mol. The molecule has 0 amide bonds. The average molecular weight is 198 g/mol. The SMILES string of the molecule is CCn1nc(C)c(N)c1NCC(=O)O. The summed E-state index contributed by atoms with van der Waals surface area (Å²) in [5.74, 6) is -0.349. The van der Waals surface area contributed by atoms with Gasteiger partial charge >= 0.3 is 5.97 Å². The number of aromatic nitrogens is 2. The highest BCUT2D eigenvalue weighted by Gasteiger charge is 2.11. The molecule has 6 heteroatoms. The zero-order valence-electron chi connectivity index (χ0n) is 8.24. The summed E-state index contributed by atoms with van der Waals surface area (Å²) in [6, 6.07) is 0. The molecule has 0 bridgehead atoms. The lowest BCUT2D eigenvalue weighted by Gasteiger charge is -2.06. The van der Waals surface area contributed by atoms with Gasteiger partial charge in [0.1, 0.15) is 12.4 Å².